The van der Waals surface area contributed by atoms with Gasteiger partial charge < -0.3 is 9.88 Å². The van der Waals surface area contributed by atoms with Gasteiger partial charge in [-0.1, -0.05) is 49.4 Å². The summed E-state index contributed by atoms with van der Waals surface area (Å²) in [6.45, 7) is 3.03. The molecule has 1 heterocycles. The number of aromatic nitrogens is 2. The van der Waals surface area contributed by atoms with Crippen LogP contribution in [0.4, 0.5) is 0 Å². The fourth-order valence-corrected chi connectivity index (χ4v) is 2.66. The van der Waals surface area contributed by atoms with Crippen LogP contribution in [0.1, 0.15) is 24.2 Å². The maximum Gasteiger partial charge on any atom is 0.0947 e. The third kappa shape index (κ3) is 2.32. The number of imidazole rings is 1. The molecular weight excluding hydrogens is 246 g/mol. The molecule has 0 aliphatic carbocycles. The minimum Gasteiger partial charge on any atom is -0.340 e. The van der Waals surface area contributed by atoms with Gasteiger partial charge in [-0.3, -0.25) is 0 Å². The second-order valence-electron chi connectivity index (χ2n) is 5.02. The molecule has 0 aliphatic heterocycles. The van der Waals surface area contributed by atoms with Crippen molar-refractivity contribution in [2.75, 3.05) is 6.54 Å². The first kappa shape index (κ1) is 12.9. The smallest absolute Gasteiger partial charge is 0.0947 e. The van der Waals surface area contributed by atoms with Crippen molar-refractivity contribution in [1.82, 2.24) is 14.9 Å². The Kier molecular flexibility index (Phi) is 3.52. The Morgan fingerprint density at radius 1 is 1.15 bits per heavy atom. The van der Waals surface area contributed by atoms with Gasteiger partial charge in [0.25, 0.3) is 0 Å². The zero-order valence-corrected chi connectivity index (χ0v) is 11.9. The van der Waals surface area contributed by atoms with Crippen molar-refractivity contribution in [1.29, 1.82) is 0 Å². The van der Waals surface area contributed by atoms with Crippen LogP contribution in [-0.4, -0.2) is 16.1 Å². The summed E-state index contributed by atoms with van der Waals surface area (Å²) >= 11 is 0. The van der Waals surface area contributed by atoms with Gasteiger partial charge in [0.05, 0.1) is 18.1 Å². The van der Waals surface area contributed by atoms with Gasteiger partial charge in [-0.15, -0.1) is 0 Å². The number of nitrogens with zero attached hydrogens (tertiary/aromatic N) is 2. The molecule has 3 nitrogen and oxygen atoms in total. The van der Waals surface area contributed by atoms with Gasteiger partial charge in [-0.2, -0.15) is 0 Å². The van der Waals surface area contributed by atoms with Crippen LogP contribution < -0.4 is 5.32 Å². The fraction of sp³-hybridized carbons (Fsp3) is 0.235. The van der Waals surface area contributed by atoms with Crippen molar-refractivity contribution in [3.05, 3.63) is 66.2 Å². The highest BCUT2D eigenvalue weighted by Gasteiger charge is 2.17. The maximum atomic E-state index is 4.52. The molecule has 3 rings (SSSR count). The Bertz CT molecular complexity index is 710. The molecule has 0 aliphatic rings. The first-order chi connectivity index (χ1) is 9.79. The van der Waals surface area contributed by atoms with Gasteiger partial charge in [-0.05, 0) is 22.9 Å². The van der Waals surface area contributed by atoms with Crippen LogP contribution in [0.25, 0.3) is 10.8 Å². The zero-order valence-electron chi connectivity index (χ0n) is 11.9. The Morgan fingerprint density at radius 3 is 2.70 bits per heavy atom. The summed E-state index contributed by atoms with van der Waals surface area (Å²) in [5.74, 6) is 0. The molecule has 0 fully saturated rings. The first-order valence-corrected chi connectivity index (χ1v) is 6.98. The van der Waals surface area contributed by atoms with E-state index in [1.165, 1.54) is 16.3 Å². The predicted molar refractivity (Wildman–Crippen MR) is 82.7 cm³/mol. The van der Waals surface area contributed by atoms with Crippen molar-refractivity contribution < 1.29 is 0 Å². The molecule has 3 aromatic rings. The first-order valence-electron chi connectivity index (χ1n) is 6.98. The van der Waals surface area contributed by atoms with Gasteiger partial charge in [0.1, 0.15) is 0 Å². The van der Waals surface area contributed by atoms with E-state index in [0.717, 1.165) is 12.2 Å². The topological polar surface area (TPSA) is 29.9 Å². The lowest BCUT2D eigenvalue weighted by atomic mass is 9.97. The number of hydrogen-bond donors (Lipinski definition) is 1. The second-order valence-corrected chi connectivity index (χ2v) is 5.02. The van der Waals surface area contributed by atoms with Gasteiger partial charge in [-0.25, -0.2) is 4.98 Å². The predicted octanol–water partition coefficient (Wildman–Crippen LogP) is 3.27. The molecule has 1 atom stereocenters. The van der Waals surface area contributed by atoms with E-state index in [4.69, 9.17) is 0 Å². The number of rotatable bonds is 4. The van der Waals surface area contributed by atoms with Crippen LogP contribution in [0, 0.1) is 0 Å². The Balaban J connectivity index is 2.14. The second kappa shape index (κ2) is 5.47. The van der Waals surface area contributed by atoms with Crippen molar-refractivity contribution in [2.45, 2.75) is 13.0 Å². The highest BCUT2D eigenvalue weighted by Crippen LogP contribution is 2.28. The van der Waals surface area contributed by atoms with Gasteiger partial charge in [0.2, 0.25) is 0 Å². The summed E-state index contributed by atoms with van der Waals surface area (Å²) < 4.78 is 1.99. The van der Waals surface area contributed by atoms with E-state index in [1.807, 2.05) is 17.9 Å². The Labute approximate surface area is 119 Å². The lowest BCUT2D eigenvalue weighted by molar-refractivity contribution is 0.621. The summed E-state index contributed by atoms with van der Waals surface area (Å²) in [5, 5.41) is 6.10. The fourth-order valence-electron chi connectivity index (χ4n) is 2.66. The zero-order chi connectivity index (χ0) is 13.9. The molecule has 0 radical (unpaired) electrons. The molecule has 0 spiro atoms. The highest BCUT2D eigenvalue weighted by molar-refractivity contribution is 5.86. The Hall–Kier alpha value is -2.13. The van der Waals surface area contributed by atoms with E-state index >= 15 is 0 Å². The molecule has 0 saturated heterocycles. The molecule has 102 valence electrons. The summed E-state index contributed by atoms with van der Waals surface area (Å²) in [7, 11) is 2.00. The standard InChI is InChI=1S/C17H19N3/c1-3-18-17(16-11-20(2)12-19-16)15-10-6-8-13-7-4-5-9-14(13)15/h4-12,17-18H,3H2,1-2H3. The minimum atomic E-state index is 0.132. The number of benzene rings is 2. The van der Waals surface area contributed by atoms with Gasteiger partial charge in [0.15, 0.2) is 0 Å². The summed E-state index contributed by atoms with van der Waals surface area (Å²) in [5.41, 5.74) is 2.34. The number of hydrogen-bond acceptors (Lipinski definition) is 2. The van der Waals surface area contributed by atoms with Crippen LogP contribution in [0.2, 0.25) is 0 Å². The molecule has 3 heteroatoms. The maximum absolute atomic E-state index is 4.52. The summed E-state index contributed by atoms with van der Waals surface area (Å²) in [6.07, 6.45) is 3.93. The van der Waals surface area contributed by atoms with Crippen molar-refractivity contribution in [2.24, 2.45) is 7.05 Å². The molecule has 1 N–H and O–H groups in total. The van der Waals surface area contributed by atoms with Crippen LogP contribution in [0.3, 0.4) is 0 Å². The van der Waals surface area contributed by atoms with E-state index in [2.05, 4.69) is 65.9 Å². The molecule has 1 unspecified atom stereocenters. The number of aryl methyl sites for hydroxylation is 1. The third-order valence-corrected chi connectivity index (χ3v) is 3.56. The lowest BCUT2D eigenvalue weighted by Gasteiger charge is -2.18. The molecule has 0 saturated carbocycles. The van der Waals surface area contributed by atoms with Crippen molar-refractivity contribution >= 4 is 10.8 Å². The van der Waals surface area contributed by atoms with Crippen molar-refractivity contribution in [3.63, 3.8) is 0 Å². The van der Waals surface area contributed by atoms with E-state index in [1.54, 1.807) is 0 Å². The quantitative estimate of drug-likeness (QED) is 0.784. The van der Waals surface area contributed by atoms with Crippen LogP contribution in [-0.2, 0) is 7.05 Å². The summed E-state index contributed by atoms with van der Waals surface area (Å²) in [4.78, 5) is 4.52. The summed E-state index contributed by atoms with van der Waals surface area (Å²) in [6, 6.07) is 15.1. The normalized spacial score (nSPS) is 12.7. The van der Waals surface area contributed by atoms with Crippen LogP contribution in [0.5, 0.6) is 0 Å². The average Bonchev–Trinajstić information content (AvgIpc) is 2.91. The van der Waals surface area contributed by atoms with Crippen molar-refractivity contribution in [3.8, 4) is 0 Å². The Morgan fingerprint density at radius 2 is 1.95 bits per heavy atom. The monoisotopic (exact) mass is 265 g/mol. The highest BCUT2D eigenvalue weighted by atomic mass is 15.0. The third-order valence-electron chi connectivity index (χ3n) is 3.56. The molecule has 2 aromatic carbocycles. The van der Waals surface area contributed by atoms with Gasteiger partial charge >= 0.3 is 0 Å². The van der Waals surface area contributed by atoms with E-state index in [0.29, 0.717) is 0 Å². The SMILES string of the molecule is CCNC(c1cn(C)cn1)c1cccc2ccccc12. The van der Waals surface area contributed by atoms with E-state index in [9.17, 15) is 0 Å². The number of fused-ring (bicyclic) bond motifs is 1. The van der Waals surface area contributed by atoms with E-state index in [-0.39, 0.29) is 6.04 Å². The average molecular weight is 265 g/mol. The lowest BCUT2D eigenvalue weighted by Crippen LogP contribution is -2.22. The molecule has 1 aromatic heterocycles. The van der Waals surface area contributed by atoms with E-state index < -0.39 is 0 Å². The minimum absolute atomic E-state index is 0.132. The largest absolute Gasteiger partial charge is 0.340 e. The number of nitrogens with one attached hydrogen (secondary N) is 1. The molecular formula is C17H19N3. The molecule has 0 bridgehead atoms. The van der Waals surface area contributed by atoms with Crippen LogP contribution in [0.15, 0.2) is 55.0 Å². The van der Waals surface area contributed by atoms with Crippen LogP contribution >= 0.6 is 0 Å². The molecule has 20 heavy (non-hydrogen) atoms. The molecule has 0 amide bonds. The van der Waals surface area contributed by atoms with Gasteiger partial charge in [0, 0.05) is 13.2 Å².